The van der Waals surface area contributed by atoms with Crippen LogP contribution in [0.4, 0.5) is 0 Å². The Kier molecular flexibility index (Phi) is 17.6. The van der Waals surface area contributed by atoms with Gasteiger partial charge in [0.2, 0.25) is 0 Å². The first-order valence-electron chi connectivity index (χ1n) is 3.59. The van der Waals surface area contributed by atoms with Crippen LogP contribution in [0.5, 0.6) is 0 Å². The minimum Gasteiger partial charge on any atom is -0.264 e. The van der Waals surface area contributed by atoms with Gasteiger partial charge in [-0.15, -0.1) is 0 Å². The molecule has 0 aromatic rings. The summed E-state index contributed by atoms with van der Waals surface area (Å²) in [6.07, 6.45) is 0. The van der Waals surface area contributed by atoms with Crippen molar-refractivity contribution in [2.75, 3.05) is 0 Å². The van der Waals surface area contributed by atoms with E-state index in [0.717, 1.165) is 0 Å². The van der Waals surface area contributed by atoms with E-state index in [1.54, 1.807) is 0 Å². The van der Waals surface area contributed by atoms with Crippen molar-refractivity contribution in [3.05, 3.63) is 25.0 Å². The summed E-state index contributed by atoms with van der Waals surface area (Å²) in [5.74, 6) is -1.13. The summed E-state index contributed by atoms with van der Waals surface area (Å²) < 4.78 is 0. The van der Waals surface area contributed by atoms with Crippen LogP contribution >= 0.6 is 0 Å². The fourth-order valence-corrected chi connectivity index (χ4v) is 0.240. The summed E-state index contributed by atoms with van der Waals surface area (Å²) in [7, 11) is 0. The summed E-state index contributed by atoms with van der Waals surface area (Å²) in [5, 5.41) is 55.4. The monoisotopic (exact) mass is 312 g/mol. The van der Waals surface area contributed by atoms with Crippen molar-refractivity contribution in [3.63, 3.8) is 0 Å². The van der Waals surface area contributed by atoms with Gasteiger partial charge in [-0.25, -0.2) is 21.0 Å². The summed E-state index contributed by atoms with van der Waals surface area (Å²) in [4.78, 5) is 15.2. The third-order valence-corrected chi connectivity index (χ3v) is 0.630. The standard InChI is InChI=1S/2C2H4O8/c2*1-2(5-9-7-3)6-10-8-4/h2*3-4H,1H2. The van der Waals surface area contributed by atoms with Crippen LogP contribution < -0.4 is 0 Å². The average molecular weight is 312 g/mol. The Balaban J connectivity index is 0. The Morgan fingerprint density at radius 1 is 0.500 bits per heavy atom. The molecule has 0 aliphatic carbocycles. The minimum absolute atomic E-state index is 0.567. The van der Waals surface area contributed by atoms with Gasteiger partial charge in [-0.1, -0.05) is 0 Å². The first-order valence-corrected chi connectivity index (χ1v) is 3.59. The fourth-order valence-electron chi connectivity index (χ4n) is 0.240. The molecule has 16 nitrogen and oxygen atoms in total. The van der Waals surface area contributed by atoms with E-state index in [2.05, 4.69) is 73.0 Å². The molecule has 20 heavy (non-hydrogen) atoms. The Hall–Kier alpha value is -1.80. The molecule has 0 amide bonds. The maximum Gasteiger partial charge on any atom is 0.352 e. The van der Waals surface area contributed by atoms with E-state index in [9.17, 15) is 0 Å². The second kappa shape index (κ2) is 17.2. The molecule has 0 aliphatic rings. The van der Waals surface area contributed by atoms with Crippen LogP contribution in [-0.2, 0) is 59.9 Å². The van der Waals surface area contributed by atoms with Gasteiger partial charge in [0.25, 0.3) is 0 Å². The average Bonchev–Trinajstić information content (AvgIpc) is 2.47. The highest BCUT2D eigenvalue weighted by molar-refractivity contribution is 4.60. The first-order chi connectivity index (χ1) is 9.62. The molecule has 0 saturated carbocycles. The third-order valence-electron chi connectivity index (χ3n) is 0.630. The van der Waals surface area contributed by atoms with E-state index in [0.29, 0.717) is 0 Å². The zero-order chi connectivity index (χ0) is 15.6. The molecule has 0 saturated heterocycles. The van der Waals surface area contributed by atoms with Crippen LogP contribution in [0.25, 0.3) is 0 Å². The molecule has 0 rings (SSSR count). The van der Waals surface area contributed by atoms with Crippen molar-refractivity contribution in [1.29, 1.82) is 0 Å². The maximum atomic E-state index is 7.48. The summed E-state index contributed by atoms with van der Waals surface area (Å²) in [5.41, 5.74) is 0. The van der Waals surface area contributed by atoms with Crippen molar-refractivity contribution in [1.82, 2.24) is 0 Å². The van der Waals surface area contributed by atoms with Crippen LogP contribution in [0.3, 0.4) is 0 Å². The van der Waals surface area contributed by atoms with Crippen LogP contribution in [-0.4, -0.2) is 21.0 Å². The molecule has 0 fully saturated rings. The molecule has 4 N–H and O–H groups in total. The largest absolute Gasteiger partial charge is 0.352 e. The predicted octanol–water partition coefficient (Wildman–Crippen LogP) is 0.326. The molecule has 0 heterocycles. The molecule has 0 aliphatic heterocycles. The number of hydrogen-bond donors (Lipinski definition) is 4. The first kappa shape index (κ1) is 20.5. The van der Waals surface area contributed by atoms with Gasteiger partial charge in [-0.3, -0.25) is 19.6 Å². The summed E-state index contributed by atoms with van der Waals surface area (Å²) in [6, 6.07) is 0. The van der Waals surface area contributed by atoms with E-state index in [1.165, 1.54) is 0 Å². The highest BCUT2D eigenvalue weighted by atomic mass is 17.7. The van der Waals surface area contributed by atoms with Gasteiger partial charge in [-0.2, -0.15) is 0 Å². The van der Waals surface area contributed by atoms with Crippen LogP contribution in [0.1, 0.15) is 0 Å². The second-order valence-corrected chi connectivity index (χ2v) is 1.65. The lowest BCUT2D eigenvalue weighted by Gasteiger charge is -1.99. The lowest BCUT2D eigenvalue weighted by Crippen LogP contribution is -1.98. The van der Waals surface area contributed by atoms with E-state index >= 15 is 0 Å². The quantitative estimate of drug-likeness (QED) is 0.218. The minimum atomic E-state index is -0.567. The van der Waals surface area contributed by atoms with Crippen molar-refractivity contribution in [3.8, 4) is 0 Å². The molecule has 0 unspecified atom stereocenters. The lowest BCUT2D eigenvalue weighted by molar-refractivity contribution is -0.655. The second-order valence-electron chi connectivity index (χ2n) is 1.65. The molecule has 0 aromatic carbocycles. The number of rotatable bonds is 12. The van der Waals surface area contributed by atoms with Gasteiger partial charge >= 0.3 is 11.9 Å². The highest BCUT2D eigenvalue weighted by Crippen LogP contribution is 1.97. The van der Waals surface area contributed by atoms with Crippen LogP contribution in [0.15, 0.2) is 25.0 Å². The molecular formula is C4H8O16. The van der Waals surface area contributed by atoms with E-state index in [-0.39, 0.29) is 0 Å². The van der Waals surface area contributed by atoms with E-state index < -0.39 is 11.9 Å². The highest BCUT2D eigenvalue weighted by Gasteiger charge is 1.98. The Bertz CT molecular complexity index is 183. The molecule has 0 radical (unpaired) electrons. The topological polar surface area (TPSA) is 192 Å². The zero-order valence-electron chi connectivity index (χ0n) is 9.10. The normalized spacial score (nSPS) is 9.00. The molecule has 0 aromatic heterocycles. The SMILES string of the molecule is C=C(OOOO)OOOO.C=C(OOOO)OOOO. The van der Waals surface area contributed by atoms with Gasteiger partial charge in [0.05, 0.1) is 0 Å². The van der Waals surface area contributed by atoms with Gasteiger partial charge in [0.1, 0.15) is 0 Å². The van der Waals surface area contributed by atoms with Crippen molar-refractivity contribution in [2.24, 2.45) is 0 Å². The van der Waals surface area contributed by atoms with Crippen molar-refractivity contribution in [2.45, 2.75) is 0 Å². The van der Waals surface area contributed by atoms with E-state index in [1.807, 2.05) is 0 Å². The van der Waals surface area contributed by atoms with Crippen LogP contribution in [0.2, 0.25) is 0 Å². The summed E-state index contributed by atoms with van der Waals surface area (Å²) in [6.45, 7) is 5.91. The van der Waals surface area contributed by atoms with Gasteiger partial charge in [-0.05, 0) is 33.3 Å². The molecular weight excluding hydrogens is 304 g/mol. The van der Waals surface area contributed by atoms with Gasteiger partial charge in [0, 0.05) is 20.2 Å². The molecule has 120 valence electrons. The third kappa shape index (κ3) is 18.6. The van der Waals surface area contributed by atoms with Crippen molar-refractivity contribution >= 4 is 0 Å². The Morgan fingerprint density at radius 2 is 0.700 bits per heavy atom. The zero-order valence-corrected chi connectivity index (χ0v) is 9.10. The molecule has 0 bridgehead atoms. The maximum absolute atomic E-state index is 7.48. The molecule has 0 spiro atoms. The van der Waals surface area contributed by atoms with Gasteiger partial charge in [0.15, 0.2) is 0 Å². The van der Waals surface area contributed by atoms with E-state index in [4.69, 9.17) is 21.0 Å². The lowest BCUT2D eigenvalue weighted by atomic mass is 11.1. The Labute approximate surface area is 107 Å². The summed E-state index contributed by atoms with van der Waals surface area (Å²) >= 11 is 0. The number of hydrogen-bond acceptors (Lipinski definition) is 16. The van der Waals surface area contributed by atoms with Crippen molar-refractivity contribution < 1.29 is 80.9 Å². The predicted molar refractivity (Wildman–Crippen MR) is 41.8 cm³/mol. The smallest absolute Gasteiger partial charge is 0.264 e. The Morgan fingerprint density at radius 3 is 0.850 bits per heavy atom. The molecule has 0 atom stereocenters. The fraction of sp³-hybridized carbons (Fsp3) is 0. The van der Waals surface area contributed by atoms with Gasteiger partial charge < -0.3 is 0 Å². The molecule has 16 heteroatoms. The van der Waals surface area contributed by atoms with Crippen LogP contribution in [0, 0.1) is 0 Å².